The first kappa shape index (κ1) is 14.8. The number of anilines is 1. The smallest absolute Gasteiger partial charge is 0.253 e. The highest BCUT2D eigenvalue weighted by Gasteiger charge is 2.29. The lowest BCUT2D eigenvalue weighted by atomic mass is 10.1. The quantitative estimate of drug-likeness (QED) is 0.875. The Balaban J connectivity index is 2.15. The average molecular weight is 300 g/mol. The lowest BCUT2D eigenvalue weighted by Gasteiger charge is -2.14. The Morgan fingerprint density at radius 2 is 2.20 bits per heavy atom. The maximum atomic E-state index is 13.7. The van der Waals surface area contributed by atoms with Crippen LogP contribution < -0.4 is 10.6 Å². The second-order valence-electron chi connectivity index (χ2n) is 4.77. The molecule has 1 heterocycles. The molecule has 1 aromatic rings. The Labute approximate surface area is 117 Å². The van der Waals surface area contributed by atoms with E-state index in [0.29, 0.717) is 13.0 Å². The van der Waals surface area contributed by atoms with E-state index in [-0.39, 0.29) is 22.8 Å². The van der Waals surface area contributed by atoms with E-state index in [9.17, 15) is 17.6 Å². The zero-order valence-corrected chi connectivity index (χ0v) is 12.0. The molecule has 0 bridgehead atoms. The summed E-state index contributed by atoms with van der Waals surface area (Å²) in [5, 5.41) is 5.46. The van der Waals surface area contributed by atoms with Crippen LogP contribution in [0.4, 0.5) is 10.1 Å². The molecular weight excluding hydrogens is 283 g/mol. The number of carbonyl (C=O) groups is 1. The van der Waals surface area contributed by atoms with Crippen LogP contribution in [-0.2, 0) is 9.84 Å². The summed E-state index contributed by atoms with van der Waals surface area (Å²) in [6, 6.07) is 3.84. The highest BCUT2D eigenvalue weighted by atomic mass is 32.2. The zero-order chi connectivity index (χ0) is 14.8. The first-order chi connectivity index (χ1) is 9.43. The summed E-state index contributed by atoms with van der Waals surface area (Å²) in [6.07, 6.45) is 0.403. The van der Waals surface area contributed by atoms with Crippen molar-refractivity contribution in [2.75, 3.05) is 23.4 Å². The lowest BCUT2D eigenvalue weighted by Crippen LogP contribution is -2.36. The third kappa shape index (κ3) is 3.27. The van der Waals surface area contributed by atoms with Gasteiger partial charge in [-0.25, -0.2) is 12.8 Å². The second kappa shape index (κ2) is 5.78. The number of nitrogens with one attached hydrogen (secondary N) is 2. The average Bonchev–Trinajstić information content (AvgIpc) is 2.71. The third-order valence-electron chi connectivity index (χ3n) is 3.18. The van der Waals surface area contributed by atoms with Gasteiger partial charge < -0.3 is 10.6 Å². The van der Waals surface area contributed by atoms with E-state index >= 15 is 0 Å². The minimum Gasteiger partial charge on any atom is -0.382 e. The normalized spacial score (nSPS) is 20.6. The number of sulfone groups is 1. The fraction of sp³-hybridized carbons (Fsp3) is 0.462. The topological polar surface area (TPSA) is 75.3 Å². The van der Waals surface area contributed by atoms with Gasteiger partial charge in [0.2, 0.25) is 0 Å². The number of benzene rings is 1. The molecule has 2 rings (SSSR count). The largest absolute Gasteiger partial charge is 0.382 e. The van der Waals surface area contributed by atoms with Crippen molar-refractivity contribution < 1.29 is 17.6 Å². The van der Waals surface area contributed by atoms with Crippen LogP contribution in [0.1, 0.15) is 23.7 Å². The zero-order valence-electron chi connectivity index (χ0n) is 11.1. The number of rotatable bonds is 4. The van der Waals surface area contributed by atoms with Crippen molar-refractivity contribution in [3.63, 3.8) is 0 Å². The number of amides is 1. The predicted molar refractivity (Wildman–Crippen MR) is 75.1 cm³/mol. The van der Waals surface area contributed by atoms with Gasteiger partial charge in [0.25, 0.3) is 5.91 Å². The molecule has 7 heteroatoms. The maximum absolute atomic E-state index is 13.7. The van der Waals surface area contributed by atoms with E-state index < -0.39 is 27.6 Å². The molecule has 0 aromatic heterocycles. The minimum absolute atomic E-state index is 0.0510. The molecule has 0 aliphatic carbocycles. The van der Waals surface area contributed by atoms with Crippen LogP contribution >= 0.6 is 0 Å². The number of para-hydroxylation sites is 1. The van der Waals surface area contributed by atoms with Gasteiger partial charge in [0.15, 0.2) is 9.84 Å². The van der Waals surface area contributed by atoms with Crippen LogP contribution in [0.15, 0.2) is 18.2 Å². The molecule has 0 saturated carbocycles. The van der Waals surface area contributed by atoms with Crippen molar-refractivity contribution >= 4 is 21.4 Å². The third-order valence-corrected chi connectivity index (χ3v) is 4.95. The molecule has 1 amide bonds. The van der Waals surface area contributed by atoms with Crippen molar-refractivity contribution in [1.29, 1.82) is 0 Å². The van der Waals surface area contributed by atoms with Gasteiger partial charge in [0.1, 0.15) is 5.82 Å². The molecular formula is C13H17FN2O3S. The summed E-state index contributed by atoms with van der Waals surface area (Å²) in [7, 11) is -3.06. The molecule has 2 N–H and O–H groups in total. The molecule has 1 atom stereocenters. The van der Waals surface area contributed by atoms with E-state index in [1.807, 2.05) is 0 Å². The molecule has 1 fully saturated rings. The molecule has 1 aliphatic rings. The number of carbonyl (C=O) groups excluding carboxylic acids is 1. The van der Waals surface area contributed by atoms with Gasteiger partial charge in [-0.1, -0.05) is 6.07 Å². The molecule has 0 radical (unpaired) electrons. The van der Waals surface area contributed by atoms with Gasteiger partial charge in [-0.2, -0.15) is 0 Å². The Morgan fingerprint density at radius 1 is 1.45 bits per heavy atom. The highest BCUT2D eigenvalue weighted by Crippen LogP contribution is 2.20. The van der Waals surface area contributed by atoms with Crippen molar-refractivity contribution in [2.24, 2.45) is 0 Å². The summed E-state index contributed by atoms with van der Waals surface area (Å²) in [5.74, 6) is -0.924. The first-order valence-corrected chi connectivity index (χ1v) is 8.29. The molecule has 1 saturated heterocycles. The Hall–Kier alpha value is -1.63. The Bertz CT molecular complexity index is 616. The molecule has 1 unspecified atom stereocenters. The number of halogens is 1. The summed E-state index contributed by atoms with van der Waals surface area (Å²) in [5.41, 5.74) is 0.338. The van der Waals surface area contributed by atoms with Crippen molar-refractivity contribution in [1.82, 2.24) is 5.32 Å². The van der Waals surface area contributed by atoms with E-state index in [0.717, 1.165) is 0 Å². The fourth-order valence-electron chi connectivity index (χ4n) is 2.24. The van der Waals surface area contributed by atoms with Gasteiger partial charge in [0, 0.05) is 12.6 Å². The Kier molecular flexibility index (Phi) is 4.27. The van der Waals surface area contributed by atoms with Crippen molar-refractivity contribution in [3.05, 3.63) is 29.6 Å². The summed E-state index contributed by atoms with van der Waals surface area (Å²) in [4.78, 5) is 12.1. The van der Waals surface area contributed by atoms with Crippen molar-refractivity contribution in [2.45, 2.75) is 19.4 Å². The minimum atomic E-state index is -3.06. The monoisotopic (exact) mass is 300 g/mol. The van der Waals surface area contributed by atoms with Gasteiger partial charge >= 0.3 is 0 Å². The van der Waals surface area contributed by atoms with Gasteiger partial charge in [-0.3, -0.25) is 4.79 Å². The van der Waals surface area contributed by atoms with E-state index in [2.05, 4.69) is 10.6 Å². The Morgan fingerprint density at radius 3 is 2.80 bits per heavy atom. The molecule has 1 aliphatic heterocycles. The van der Waals surface area contributed by atoms with Gasteiger partial charge in [0.05, 0.1) is 22.8 Å². The van der Waals surface area contributed by atoms with Crippen LogP contribution in [-0.4, -0.2) is 38.4 Å². The van der Waals surface area contributed by atoms with E-state index in [4.69, 9.17) is 0 Å². The fourth-order valence-corrected chi connectivity index (χ4v) is 3.92. The SMILES string of the molecule is CCNc1c(F)cccc1C(=O)NC1CCS(=O)(=O)C1. The van der Waals surface area contributed by atoms with Crippen LogP contribution in [0.3, 0.4) is 0 Å². The summed E-state index contributed by atoms with van der Waals surface area (Å²) < 4.78 is 36.4. The number of hydrogen-bond donors (Lipinski definition) is 2. The molecule has 110 valence electrons. The lowest BCUT2D eigenvalue weighted by molar-refractivity contribution is 0.0941. The maximum Gasteiger partial charge on any atom is 0.253 e. The molecule has 20 heavy (non-hydrogen) atoms. The van der Waals surface area contributed by atoms with E-state index in [1.54, 1.807) is 6.92 Å². The second-order valence-corrected chi connectivity index (χ2v) is 6.99. The highest BCUT2D eigenvalue weighted by molar-refractivity contribution is 7.91. The standard InChI is InChI=1S/C13H17FN2O3S/c1-2-15-12-10(4-3-5-11(12)14)13(17)16-9-6-7-20(18,19)8-9/h3-5,9,15H,2,6-8H2,1H3,(H,16,17). The van der Waals surface area contributed by atoms with Crippen LogP contribution in [0, 0.1) is 5.82 Å². The van der Waals surface area contributed by atoms with Gasteiger partial charge in [-0.05, 0) is 25.5 Å². The molecule has 1 aromatic carbocycles. The summed E-state index contributed by atoms with van der Waals surface area (Å²) >= 11 is 0. The molecule has 5 nitrogen and oxygen atoms in total. The van der Waals surface area contributed by atoms with Crippen molar-refractivity contribution in [3.8, 4) is 0 Å². The van der Waals surface area contributed by atoms with Crippen LogP contribution in [0.25, 0.3) is 0 Å². The number of hydrogen-bond acceptors (Lipinski definition) is 4. The van der Waals surface area contributed by atoms with E-state index in [1.165, 1.54) is 18.2 Å². The molecule has 0 spiro atoms. The first-order valence-electron chi connectivity index (χ1n) is 6.46. The summed E-state index contributed by atoms with van der Waals surface area (Å²) in [6.45, 7) is 2.29. The predicted octanol–water partition coefficient (Wildman–Crippen LogP) is 1.17. The van der Waals surface area contributed by atoms with Crippen LogP contribution in [0.2, 0.25) is 0 Å². The van der Waals surface area contributed by atoms with Crippen LogP contribution in [0.5, 0.6) is 0 Å². The van der Waals surface area contributed by atoms with Gasteiger partial charge in [-0.15, -0.1) is 0 Å².